The van der Waals surface area contributed by atoms with E-state index in [-0.39, 0.29) is 5.91 Å². The van der Waals surface area contributed by atoms with Gasteiger partial charge in [-0.25, -0.2) is 4.79 Å². The van der Waals surface area contributed by atoms with Crippen molar-refractivity contribution in [3.8, 4) is 0 Å². The highest BCUT2D eigenvalue weighted by Crippen LogP contribution is 2.25. The third kappa shape index (κ3) is 11.0. The number of nitrogens with two attached hydrogens (primary N) is 1. The van der Waals surface area contributed by atoms with E-state index in [1.54, 1.807) is 0 Å². The molecule has 6 heteroatoms. The molecule has 0 spiro atoms. The number of carbonyl (C=O) groups is 2. The number of hydrogen-bond acceptors (Lipinski definition) is 4. The van der Waals surface area contributed by atoms with Gasteiger partial charge in [0.2, 0.25) is 5.91 Å². The molecule has 0 aliphatic heterocycles. The highest BCUT2D eigenvalue weighted by Gasteiger charge is 2.17. The molecule has 0 aromatic rings. The van der Waals surface area contributed by atoms with E-state index in [4.69, 9.17) is 10.5 Å². The van der Waals surface area contributed by atoms with Crippen molar-refractivity contribution in [1.82, 2.24) is 10.6 Å². The van der Waals surface area contributed by atoms with E-state index in [0.29, 0.717) is 13.0 Å². The van der Waals surface area contributed by atoms with E-state index in [1.807, 2.05) is 20.8 Å². The van der Waals surface area contributed by atoms with E-state index in [2.05, 4.69) is 10.6 Å². The number of rotatable bonds is 9. The highest BCUT2D eigenvalue weighted by molar-refractivity contribution is 5.81. The summed E-state index contributed by atoms with van der Waals surface area (Å²) in [5.41, 5.74) is 5.45. The Kier molecular flexibility index (Phi) is 9.86. The van der Waals surface area contributed by atoms with Gasteiger partial charge in [-0.05, 0) is 52.4 Å². The normalized spacial score (nSPS) is 17.0. The van der Waals surface area contributed by atoms with Crippen LogP contribution in [0.25, 0.3) is 0 Å². The SMILES string of the molecule is CC(C)(C)OC(=O)NCCCC[C@H](N)C(=O)NCCC1CCCCC1. The molecule has 25 heavy (non-hydrogen) atoms. The third-order valence-corrected chi connectivity index (χ3v) is 4.52. The fourth-order valence-corrected chi connectivity index (χ4v) is 3.13. The second-order valence-electron chi connectivity index (χ2n) is 8.11. The predicted octanol–water partition coefficient (Wildman–Crippen LogP) is 3.10. The van der Waals surface area contributed by atoms with E-state index >= 15 is 0 Å². The lowest BCUT2D eigenvalue weighted by Gasteiger charge is -2.22. The van der Waals surface area contributed by atoms with Gasteiger partial charge in [0.05, 0.1) is 6.04 Å². The largest absolute Gasteiger partial charge is 0.444 e. The average Bonchev–Trinajstić information content (AvgIpc) is 2.53. The van der Waals surface area contributed by atoms with Gasteiger partial charge in [-0.2, -0.15) is 0 Å². The molecule has 2 amide bonds. The van der Waals surface area contributed by atoms with Gasteiger partial charge in [0, 0.05) is 13.1 Å². The van der Waals surface area contributed by atoms with Crippen molar-refractivity contribution in [2.24, 2.45) is 11.7 Å². The Labute approximate surface area is 152 Å². The van der Waals surface area contributed by atoms with Crippen LogP contribution in [-0.2, 0) is 9.53 Å². The zero-order valence-corrected chi connectivity index (χ0v) is 16.2. The van der Waals surface area contributed by atoms with Crippen LogP contribution in [0.4, 0.5) is 4.79 Å². The molecule has 4 N–H and O–H groups in total. The summed E-state index contributed by atoms with van der Waals surface area (Å²) in [5.74, 6) is 0.708. The number of ether oxygens (including phenoxy) is 1. The lowest BCUT2D eigenvalue weighted by Crippen LogP contribution is -2.41. The number of amides is 2. The van der Waals surface area contributed by atoms with E-state index in [9.17, 15) is 9.59 Å². The van der Waals surface area contributed by atoms with Crippen molar-refractivity contribution in [1.29, 1.82) is 0 Å². The summed E-state index contributed by atoms with van der Waals surface area (Å²) in [6.07, 6.45) is 9.48. The molecule has 0 bridgehead atoms. The minimum atomic E-state index is -0.484. The summed E-state index contributed by atoms with van der Waals surface area (Å²) in [7, 11) is 0. The fourth-order valence-electron chi connectivity index (χ4n) is 3.13. The summed E-state index contributed by atoms with van der Waals surface area (Å²) >= 11 is 0. The number of carbonyl (C=O) groups excluding carboxylic acids is 2. The van der Waals surface area contributed by atoms with Crippen molar-refractivity contribution in [3.05, 3.63) is 0 Å². The molecule has 0 heterocycles. The first-order chi connectivity index (χ1) is 11.8. The van der Waals surface area contributed by atoms with Crippen molar-refractivity contribution >= 4 is 12.0 Å². The van der Waals surface area contributed by atoms with Gasteiger partial charge in [0.15, 0.2) is 0 Å². The lowest BCUT2D eigenvalue weighted by molar-refractivity contribution is -0.122. The monoisotopic (exact) mass is 355 g/mol. The molecule has 0 aromatic heterocycles. The van der Waals surface area contributed by atoms with Crippen LogP contribution in [0.3, 0.4) is 0 Å². The van der Waals surface area contributed by atoms with Crippen LogP contribution in [0.1, 0.15) is 78.6 Å². The topological polar surface area (TPSA) is 93.4 Å². The zero-order chi connectivity index (χ0) is 18.7. The van der Waals surface area contributed by atoms with E-state index in [1.165, 1.54) is 32.1 Å². The van der Waals surface area contributed by atoms with Crippen LogP contribution < -0.4 is 16.4 Å². The average molecular weight is 356 g/mol. The van der Waals surface area contributed by atoms with Crippen molar-refractivity contribution in [3.63, 3.8) is 0 Å². The Morgan fingerprint density at radius 3 is 2.40 bits per heavy atom. The van der Waals surface area contributed by atoms with Gasteiger partial charge in [-0.3, -0.25) is 4.79 Å². The van der Waals surface area contributed by atoms with Gasteiger partial charge in [0.1, 0.15) is 5.60 Å². The predicted molar refractivity (Wildman–Crippen MR) is 100 cm³/mol. The molecule has 1 fully saturated rings. The molecule has 1 atom stereocenters. The lowest BCUT2D eigenvalue weighted by atomic mass is 9.87. The Morgan fingerprint density at radius 1 is 1.08 bits per heavy atom. The molecule has 1 aliphatic carbocycles. The van der Waals surface area contributed by atoms with Crippen LogP contribution in [0.15, 0.2) is 0 Å². The summed E-state index contributed by atoms with van der Waals surface area (Å²) in [6, 6.07) is -0.465. The van der Waals surface area contributed by atoms with Gasteiger partial charge in [-0.15, -0.1) is 0 Å². The summed E-state index contributed by atoms with van der Waals surface area (Å²) in [6.45, 7) is 6.76. The molecule has 6 nitrogen and oxygen atoms in total. The van der Waals surface area contributed by atoms with Crippen molar-refractivity contribution < 1.29 is 14.3 Å². The molecule has 0 radical (unpaired) electrons. The van der Waals surface area contributed by atoms with Crippen LogP contribution in [0, 0.1) is 5.92 Å². The van der Waals surface area contributed by atoms with Gasteiger partial charge in [-0.1, -0.05) is 32.1 Å². The molecule has 0 unspecified atom stereocenters. The maximum Gasteiger partial charge on any atom is 0.407 e. The number of alkyl carbamates (subject to hydrolysis) is 1. The van der Waals surface area contributed by atoms with E-state index < -0.39 is 17.7 Å². The minimum Gasteiger partial charge on any atom is -0.444 e. The Balaban J connectivity index is 2.02. The first-order valence-corrected chi connectivity index (χ1v) is 9.78. The summed E-state index contributed by atoms with van der Waals surface area (Å²) in [5, 5.41) is 5.67. The van der Waals surface area contributed by atoms with Crippen LogP contribution in [-0.4, -0.2) is 36.7 Å². The van der Waals surface area contributed by atoms with E-state index in [0.717, 1.165) is 31.7 Å². The summed E-state index contributed by atoms with van der Waals surface area (Å²) < 4.78 is 5.16. The first-order valence-electron chi connectivity index (χ1n) is 9.78. The standard InChI is InChI=1S/C19H37N3O3/c1-19(2,3)25-18(24)22-13-8-7-11-16(20)17(23)21-14-12-15-9-5-4-6-10-15/h15-16H,4-14,20H2,1-3H3,(H,21,23)(H,22,24)/t16-/m0/s1. The second-order valence-corrected chi connectivity index (χ2v) is 8.11. The Hall–Kier alpha value is -1.30. The smallest absolute Gasteiger partial charge is 0.407 e. The first kappa shape index (κ1) is 21.7. The Bertz CT molecular complexity index is 401. The molecule has 1 aliphatic rings. The van der Waals surface area contributed by atoms with Gasteiger partial charge >= 0.3 is 6.09 Å². The molecular weight excluding hydrogens is 318 g/mol. The maximum atomic E-state index is 12.0. The second kappa shape index (κ2) is 11.3. The molecule has 146 valence electrons. The molecular formula is C19H37N3O3. The summed E-state index contributed by atoms with van der Waals surface area (Å²) in [4.78, 5) is 23.5. The van der Waals surface area contributed by atoms with Crippen LogP contribution >= 0.6 is 0 Å². The maximum absolute atomic E-state index is 12.0. The van der Waals surface area contributed by atoms with Crippen molar-refractivity contribution in [2.45, 2.75) is 90.2 Å². The quantitative estimate of drug-likeness (QED) is 0.554. The zero-order valence-electron chi connectivity index (χ0n) is 16.2. The molecule has 0 aromatic carbocycles. The molecule has 1 rings (SSSR count). The van der Waals surface area contributed by atoms with Crippen molar-refractivity contribution in [2.75, 3.05) is 13.1 Å². The third-order valence-electron chi connectivity index (χ3n) is 4.52. The fraction of sp³-hybridized carbons (Fsp3) is 0.895. The minimum absolute atomic E-state index is 0.0593. The number of hydrogen-bond donors (Lipinski definition) is 3. The highest BCUT2D eigenvalue weighted by atomic mass is 16.6. The number of nitrogens with one attached hydrogen (secondary N) is 2. The number of unbranched alkanes of at least 4 members (excludes halogenated alkanes) is 1. The van der Waals surface area contributed by atoms with Crippen LogP contribution in [0.5, 0.6) is 0 Å². The van der Waals surface area contributed by atoms with Gasteiger partial charge in [0.25, 0.3) is 0 Å². The molecule has 0 saturated heterocycles. The Morgan fingerprint density at radius 2 is 1.76 bits per heavy atom. The van der Waals surface area contributed by atoms with Crippen LogP contribution in [0.2, 0.25) is 0 Å². The van der Waals surface area contributed by atoms with Gasteiger partial charge < -0.3 is 21.1 Å². The molecule has 1 saturated carbocycles.